The maximum absolute atomic E-state index is 12.7. The molecule has 0 saturated carbocycles. The second-order valence-electron chi connectivity index (χ2n) is 3.61. The zero-order chi connectivity index (χ0) is 14.8. The van der Waals surface area contributed by atoms with Gasteiger partial charge in [-0.15, -0.1) is 0 Å². The second kappa shape index (κ2) is 5.69. The van der Waals surface area contributed by atoms with E-state index in [1.54, 1.807) is 0 Å². The lowest BCUT2D eigenvalue weighted by molar-refractivity contribution is 0.600. The molecule has 0 aliphatic heterocycles. The Balaban J connectivity index is 2.40. The minimum atomic E-state index is -3.96. The highest BCUT2D eigenvalue weighted by molar-refractivity contribution is 9.10. The molecular weight excluding hydrogens is 353 g/mol. The number of sulfonamides is 1. The summed E-state index contributed by atoms with van der Waals surface area (Å²) in [4.78, 5) is 7.29. The van der Waals surface area contributed by atoms with Crippen molar-refractivity contribution < 1.29 is 12.8 Å². The summed E-state index contributed by atoms with van der Waals surface area (Å²) in [7, 11) is -3.96. The number of nitrogens with two attached hydrogens (primary N) is 1. The van der Waals surface area contributed by atoms with Gasteiger partial charge in [0, 0.05) is 10.7 Å². The van der Waals surface area contributed by atoms with Gasteiger partial charge in [-0.25, -0.2) is 28.6 Å². The van der Waals surface area contributed by atoms with Crippen molar-refractivity contribution in [2.24, 2.45) is 5.84 Å². The molecular formula is C10H9BrFN5O2S. The number of hydrogen-bond acceptors (Lipinski definition) is 6. The van der Waals surface area contributed by atoms with Gasteiger partial charge >= 0.3 is 0 Å². The summed E-state index contributed by atoms with van der Waals surface area (Å²) in [5, 5.41) is 0. The molecule has 0 aromatic carbocycles. The van der Waals surface area contributed by atoms with Crippen LogP contribution < -0.4 is 16.0 Å². The molecule has 0 unspecified atom stereocenters. The molecule has 2 aromatic heterocycles. The van der Waals surface area contributed by atoms with Crippen LogP contribution in [0.15, 0.2) is 40.0 Å². The summed E-state index contributed by atoms with van der Waals surface area (Å²) in [5.74, 6) is 4.61. The van der Waals surface area contributed by atoms with Crippen LogP contribution in [0.3, 0.4) is 0 Å². The Labute approximate surface area is 122 Å². The quantitative estimate of drug-likeness (QED) is 0.561. The third-order valence-electron chi connectivity index (χ3n) is 2.21. The van der Waals surface area contributed by atoms with Crippen LogP contribution in [0, 0.1) is 5.82 Å². The molecule has 0 amide bonds. The smallest absolute Gasteiger partial charge is 0.266 e. The standard InChI is InChI=1S/C10H9BrFN5O2S/c11-6-3-8(10(16-13)15-4-6)20(18,19)17-9-2-1-7(12)5-14-9/h1-5H,13H2,(H,14,17)(H,15,16). The van der Waals surface area contributed by atoms with Crippen LogP contribution in [-0.4, -0.2) is 18.4 Å². The number of halogens is 2. The Morgan fingerprint density at radius 3 is 2.60 bits per heavy atom. The minimum absolute atomic E-state index is 0.0191. The van der Waals surface area contributed by atoms with Gasteiger partial charge in [0.15, 0.2) is 5.82 Å². The van der Waals surface area contributed by atoms with E-state index in [0.717, 1.165) is 12.3 Å². The largest absolute Gasteiger partial charge is 0.307 e. The predicted molar refractivity (Wildman–Crippen MR) is 74.8 cm³/mol. The highest BCUT2D eigenvalue weighted by Crippen LogP contribution is 2.24. The number of nitrogens with zero attached hydrogens (tertiary/aromatic N) is 2. The summed E-state index contributed by atoms with van der Waals surface area (Å²) < 4.78 is 39.8. The van der Waals surface area contributed by atoms with E-state index in [4.69, 9.17) is 5.84 Å². The molecule has 2 rings (SSSR count). The number of anilines is 2. The van der Waals surface area contributed by atoms with Gasteiger partial charge in [-0.3, -0.25) is 4.72 Å². The van der Waals surface area contributed by atoms with Crippen LogP contribution in [0.1, 0.15) is 0 Å². The number of rotatable bonds is 4. The Morgan fingerprint density at radius 2 is 2.00 bits per heavy atom. The van der Waals surface area contributed by atoms with Crippen LogP contribution in [0.4, 0.5) is 16.0 Å². The molecule has 20 heavy (non-hydrogen) atoms. The normalized spacial score (nSPS) is 11.2. The molecule has 10 heteroatoms. The number of nitrogen functional groups attached to an aromatic ring is 1. The zero-order valence-electron chi connectivity index (χ0n) is 9.84. The lowest BCUT2D eigenvalue weighted by Crippen LogP contribution is -2.19. The van der Waals surface area contributed by atoms with Gasteiger partial charge in [0.2, 0.25) is 0 Å². The first-order valence-electron chi connectivity index (χ1n) is 5.19. The van der Waals surface area contributed by atoms with Crippen molar-refractivity contribution in [2.45, 2.75) is 4.90 Å². The van der Waals surface area contributed by atoms with Gasteiger partial charge in [0.1, 0.15) is 16.5 Å². The summed E-state index contributed by atoms with van der Waals surface area (Å²) in [6, 6.07) is 3.62. The summed E-state index contributed by atoms with van der Waals surface area (Å²) >= 11 is 3.12. The number of nitrogens with one attached hydrogen (secondary N) is 2. The van der Waals surface area contributed by atoms with Crippen molar-refractivity contribution in [3.05, 3.63) is 40.9 Å². The Hall–Kier alpha value is -1.78. The van der Waals surface area contributed by atoms with E-state index in [2.05, 4.69) is 36.0 Å². The lowest BCUT2D eigenvalue weighted by atomic mass is 10.5. The summed E-state index contributed by atoms with van der Waals surface area (Å²) in [6.45, 7) is 0. The molecule has 0 radical (unpaired) electrons. The third kappa shape index (κ3) is 3.21. The molecule has 0 atom stereocenters. The monoisotopic (exact) mass is 361 g/mol. The van der Waals surface area contributed by atoms with Crippen LogP contribution >= 0.6 is 15.9 Å². The van der Waals surface area contributed by atoms with Gasteiger partial charge < -0.3 is 5.43 Å². The lowest BCUT2D eigenvalue weighted by Gasteiger charge is -2.10. The first-order chi connectivity index (χ1) is 9.42. The highest BCUT2D eigenvalue weighted by Gasteiger charge is 2.20. The Bertz CT molecular complexity index is 723. The molecule has 7 nitrogen and oxygen atoms in total. The minimum Gasteiger partial charge on any atom is -0.307 e. The first-order valence-corrected chi connectivity index (χ1v) is 7.46. The average Bonchev–Trinajstić information content (AvgIpc) is 2.41. The van der Waals surface area contributed by atoms with Crippen molar-refractivity contribution in [1.82, 2.24) is 9.97 Å². The van der Waals surface area contributed by atoms with Crippen molar-refractivity contribution in [3.63, 3.8) is 0 Å². The maximum Gasteiger partial charge on any atom is 0.266 e. The van der Waals surface area contributed by atoms with Crippen molar-refractivity contribution >= 4 is 37.6 Å². The Morgan fingerprint density at radius 1 is 1.25 bits per heavy atom. The molecule has 0 fully saturated rings. The second-order valence-corrected chi connectivity index (χ2v) is 6.18. The van der Waals surface area contributed by atoms with E-state index in [1.807, 2.05) is 0 Å². The highest BCUT2D eigenvalue weighted by atomic mass is 79.9. The molecule has 2 heterocycles. The van der Waals surface area contributed by atoms with E-state index in [1.165, 1.54) is 18.3 Å². The number of pyridine rings is 2. The first kappa shape index (κ1) is 14.6. The predicted octanol–water partition coefficient (Wildman–Crippen LogP) is 1.46. The SMILES string of the molecule is NNc1ncc(Br)cc1S(=O)(=O)Nc1ccc(F)cn1. The third-order valence-corrected chi connectivity index (χ3v) is 4.01. The van der Waals surface area contributed by atoms with Crippen LogP contribution in [0.5, 0.6) is 0 Å². The van der Waals surface area contributed by atoms with Crippen LogP contribution in [0.2, 0.25) is 0 Å². The number of aromatic nitrogens is 2. The van der Waals surface area contributed by atoms with Crippen molar-refractivity contribution in [2.75, 3.05) is 10.1 Å². The van der Waals surface area contributed by atoms with Gasteiger partial charge in [0.25, 0.3) is 10.0 Å². The number of hydrogen-bond donors (Lipinski definition) is 3. The van der Waals surface area contributed by atoms with Gasteiger partial charge in [0.05, 0.1) is 6.20 Å². The Kier molecular flexibility index (Phi) is 4.16. The average molecular weight is 362 g/mol. The molecule has 0 aliphatic rings. The summed E-state index contributed by atoms with van der Waals surface area (Å²) in [5.41, 5.74) is 2.19. The van der Waals surface area contributed by atoms with Gasteiger partial charge in [-0.05, 0) is 34.1 Å². The fraction of sp³-hybridized carbons (Fsp3) is 0. The number of hydrazine groups is 1. The van der Waals surface area contributed by atoms with E-state index in [9.17, 15) is 12.8 Å². The zero-order valence-corrected chi connectivity index (χ0v) is 12.2. The molecule has 2 aromatic rings. The molecule has 0 saturated heterocycles. The van der Waals surface area contributed by atoms with E-state index >= 15 is 0 Å². The van der Waals surface area contributed by atoms with Crippen LogP contribution in [-0.2, 0) is 10.0 Å². The maximum atomic E-state index is 12.7. The molecule has 0 aliphatic carbocycles. The fourth-order valence-corrected chi connectivity index (χ4v) is 3.00. The molecule has 4 N–H and O–H groups in total. The van der Waals surface area contributed by atoms with Gasteiger partial charge in [-0.2, -0.15) is 0 Å². The van der Waals surface area contributed by atoms with E-state index in [0.29, 0.717) is 4.47 Å². The van der Waals surface area contributed by atoms with Crippen LogP contribution in [0.25, 0.3) is 0 Å². The topological polar surface area (TPSA) is 110 Å². The van der Waals surface area contributed by atoms with Gasteiger partial charge in [-0.1, -0.05) is 0 Å². The van der Waals surface area contributed by atoms with Crippen molar-refractivity contribution in [1.29, 1.82) is 0 Å². The molecule has 0 spiro atoms. The fourth-order valence-electron chi connectivity index (χ4n) is 1.36. The van der Waals surface area contributed by atoms with Crippen molar-refractivity contribution in [3.8, 4) is 0 Å². The molecule has 0 bridgehead atoms. The molecule has 106 valence electrons. The van der Waals surface area contributed by atoms with E-state index < -0.39 is 15.8 Å². The summed E-state index contributed by atoms with van der Waals surface area (Å²) in [6.07, 6.45) is 2.30. The van der Waals surface area contributed by atoms with E-state index in [-0.39, 0.29) is 16.5 Å².